The highest BCUT2D eigenvalue weighted by Crippen LogP contribution is 2.26. The molecule has 0 bridgehead atoms. The lowest BCUT2D eigenvalue weighted by Crippen LogP contribution is -2.55. The normalized spacial score (nSPS) is 20.5. The zero-order valence-electron chi connectivity index (χ0n) is 16.7. The summed E-state index contributed by atoms with van der Waals surface area (Å²) in [4.78, 5) is 9.07. The summed E-state index contributed by atoms with van der Waals surface area (Å²) in [6.07, 6.45) is -0.0201. The number of piperazine rings is 1. The van der Waals surface area contributed by atoms with Gasteiger partial charge in [-0.15, -0.1) is 0 Å². The largest absolute Gasteiger partial charge is 0.493 e. The third kappa shape index (κ3) is 6.07. The standard InChI is InChI=1S/C19H33N5O2/c1-15(26-18-9-7-6-8-17(18)25-5)12-21-19(20-2)22-13-16-14-23(3)10-11-24(16)4/h6-9,15-16H,10-14H2,1-5H3,(H2,20,21,22). The summed E-state index contributed by atoms with van der Waals surface area (Å²) in [5.74, 6) is 2.28. The average molecular weight is 364 g/mol. The molecule has 1 heterocycles. The summed E-state index contributed by atoms with van der Waals surface area (Å²) in [5.41, 5.74) is 0. The molecule has 1 aromatic rings. The Morgan fingerprint density at radius 1 is 1.23 bits per heavy atom. The summed E-state index contributed by atoms with van der Waals surface area (Å²) in [7, 11) is 7.79. The Hall–Kier alpha value is -1.99. The number of nitrogens with zero attached hydrogens (tertiary/aromatic N) is 3. The molecule has 1 aliphatic rings. The number of para-hydroxylation sites is 2. The molecule has 146 valence electrons. The second kappa shape index (κ2) is 10.2. The summed E-state index contributed by atoms with van der Waals surface area (Å²) in [5, 5.41) is 6.76. The van der Waals surface area contributed by atoms with Crippen molar-refractivity contribution in [3.63, 3.8) is 0 Å². The highest BCUT2D eigenvalue weighted by atomic mass is 16.5. The molecule has 1 fully saturated rings. The van der Waals surface area contributed by atoms with Gasteiger partial charge in [0, 0.05) is 39.3 Å². The number of nitrogens with one attached hydrogen (secondary N) is 2. The minimum atomic E-state index is -0.0201. The number of aliphatic imine (C=N–C) groups is 1. The maximum atomic E-state index is 5.97. The van der Waals surface area contributed by atoms with Crippen LogP contribution in [-0.4, -0.2) is 88.9 Å². The van der Waals surface area contributed by atoms with Crippen LogP contribution in [0.4, 0.5) is 0 Å². The summed E-state index contributed by atoms with van der Waals surface area (Å²) < 4.78 is 11.3. The molecule has 7 heteroatoms. The molecule has 1 aromatic carbocycles. The highest BCUT2D eigenvalue weighted by molar-refractivity contribution is 5.79. The fraction of sp³-hybridized carbons (Fsp3) is 0.632. The van der Waals surface area contributed by atoms with Crippen molar-refractivity contribution in [2.24, 2.45) is 4.99 Å². The molecule has 2 N–H and O–H groups in total. The monoisotopic (exact) mass is 363 g/mol. The van der Waals surface area contributed by atoms with Crippen molar-refractivity contribution < 1.29 is 9.47 Å². The van der Waals surface area contributed by atoms with Crippen molar-refractivity contribution in [1.29, 1.82) is 0 Å². The highest BCUT2D eigenvalue weighted by Gasteiger charge is 2.22. The van der Waals surface area contributed by atoms with Gasteiger partial charge in [-0.2, -0.15) is 0 Å². The molecule has 2 rings (SSSR count). The van der Waals surface area contributed by atoms with Gasteiger partial charge in [0.1, 0.15) is 6.10 Å². The SMILES string of the molecule is CN=C(NCC(C)Oc1ccccc1OC)NCC1CN(C)CCN1C. The molecule has 0 aromatic heterocycles. The molecule has 2 unspecified atom stereocenters. The molecule has 2 atom stereocenters. The predicted molar refractivity (Wildman–Crippen MR) is 106 cm³/mol. The fourth-order valence-corrected chi connectivity index (χ4v) is 2.97. The second-order valence-electron chi connectivity index (χ2n) is 6.81. The van der Waals surface area contributed by atoms with Gasteiger partial charge in [-0.3, -0.25) is 9.89 Å². The van der Waals surface area contributed by atoms with Crippen molar-refractivity contribution in [3.05, 3.63) is 24.3 Å². The zero-order chi connectivity index (χ0) is 18.9. The van der Waals surface area contributed by atoms with Crippen LogP contribution in [0.3, 0.4) is 0 Å². The van der Waals surface area contributed by atoms with E-state index < -0.39 is 0 Å². The van der Waals surface area contributed by atoms with Crippen molar-refractivity contribution >= 4 is 5.96 Å². The predicted octanol–water partition coefficient (Wildman–Crippen LogP) is 0.873. The first-order valence-electron chi connectivity index (χ1n) is 9.16. The number of likely N-dealkylation sites (N-methyl/N-ethyl adjacent to an activating group) is 2. The van der Waals surface area contributed by atoms with E-state index in [1.165, 1.54) is 0 Å². The van der Waals surface area contributed by atoms with Crippen molar-refractivity contribution in [2.45, 2.75) is 19.1 Å². The Morgan fingerprint density at radius 3 is 2.65 bits per heavy atom. The minimum absolute atomic E-state index is 0.0201. The molecule has 0 aliphatic carbocycles. The van der Waals surface area contributed by atoms with E-state index in [1.54, 1.807) is 14.2 Å². The van der Waals surface area contributed by atoms with Crippen molar-refractivity contribution in [2.75, 3.05) is 61.0 Å². The first-order valence-corrected chi connectivity index (χ1v) is 9.16. The molecular formula is C19H33N5O2. The first-order chi connectivity index (χ1) is 12.5. The van der Waals surface area contributed by atoms with E-state index in [0.29, 0.717) is 12.6 Å². The van der Waals surface area contributed by atoms with Crippen LogP contribution in [0.25, 0.3) is 0 Å². The molecule has 0 saturated carbocycles. The Labute approximate surface area is 157 Å². The topological polar surface area (TPSA) is 61.4 Å². The smallest absolute Gasteiger partial charge is 0.191 e. The maximum absolute atomic E-state index is 5.97. The van der Waals surface area contributed by atoms with Crippen LogP contribution in [0.15, 0.2) is 29.3 Å². The molecule has 7 nitrogen and oxygen atoms in total. The number of guanidine groups is 1. The van der Waals surface area contributed by atoms with Crippen LogP contribution >= 0.6 is 0 Å². The Kier molecular flexibility index (Phi) is 8.00. The van der Waals surface area contributed by atoms with E-state index in [2.05, 4.69) is 39.5 Å². The van der Waals surface area contributed by atoms with Gasteiger partial charge in [0.2, 0.25) is 0 Å². The minimum Gasteiger partial charge on any atom is -0.493 e. The third-order valence-electron chi connectivity index (χ3n) is 4.66. The lowest BCUT2D eigenvalue weighted by molar-refractivity contribution is 0.116. The van der Waals surface area contributed by atoms with E-state index in [1.807, 2.05) is 31.2 Å². The Morgan fingerprint density at radius 2 is 1.96 bits per heavy atom. The van der Waals surface area contributed by atoms with Gasteiger partial charge in [-0.1, -0.05) is 12.1 Å². The van der Waals surface area contributed by atoms with Crippen LogP contribution < -0.4 is 20.1 Å². The van der Waals surface area contributed by atoms with Gasteiger partial charge in [0.15, 0.2) is 17.5 Å². The fourth-order valence-electron chi connectivity index (χ4n) is 2.97. The Bertz CT molecular complexity index is 581. The van der Waals surface area contributed by atoms with Crippen LogP contribution in [-0.2, 0) is 0 Å². The van der Waals surface area contributed by atoms with Crippen LogP contribution in [0.2, 0.25) is 0 Å². The summed E-state index contributed by atoms with van der Waals surface area (Å²) in [6.45, 7) is 6.82. The molecule has 26 heavy (non-hydrogen) atoms. The van der Waals surface area contributed by atoms with Gasteiger partial charge in [0.05, 0.1) is 13.7 Å². The lowest BCUT2D eigenvalue weighted by atomic mass is 10.2. The molecule has 0 amide bonds. The van der Waals surface area contributed by atoms with Crippen molar-refractivity contribution in [3.8, 4) is 11.5 Å². The number of rotatable bonds is 7. The van der Waals surface area contributed by atoms with Crippen molar-refractivity contribution in [1.82, 2.24) is 20.4 Å². The number of hydrogen-bond acceptors (Lipinski definition) is 5. The van der Waals surface area contributed by atoms with Gasteiger partial charge >= 0.3 is 0 Å². The van der Waals surface area contributed by atoms with Crippen LogP contribution in [0, 0.1) is 0 Å². The Balaban J connectivity index is 1.77. The van der Waals surface area contributed by atoms with E-state index in [4.69, 9.17) is 9.47 Å². The summed E-state index contributed by atoms with van der Waals surface area (Å²) >= 11 is 0. The molecule has 1 aliphatic heterocycles. The number of ether oxygens (including phenoxy) is 2. The van der Waals surface area contributed by atoms with E-state index in [0.717, 1.165) is 43.6 Å². The molecule has 1 saturated heterocycles. The van der Waals surface area contributed by atoms with E-state index in [-0.39, 0.29) is 6.10 Å². The number of hydrogen-bond donors (Lipinski definition) is 2. The van der Waals surface area contributed by atoms with Gasteiger partial charge in [0.25, 0.3) is 0 Å². The van der Waals surface area contributed by atoms with Crippen LogP contribution in [0.1, 0.15) is 6.92 Å². The average Bonchev–Trinajstić information content (AvgIpc) is 2.65. The molecule has 0 radical (unpaired) electrons. The van der Waals surface area contributed by atoms with Gasteiger partial charge in [-0.05, 0) is 33.2 Å². The third-order valence-corrected chi connectivity index (χ3v) is 4.66. The van der Waals surface area contributed by atoms with Crippen LogP contribution in [0.5, 0.6) is 11.5 Å². The number of methoxy groups -OCH3 is 1. The molecule has 0 spiro atoms. The van der Waals surface area contributed by atoms with Gasteiger partial charge < -0.3 is 25.0 Å². The zero-order valence-corrected chi connectivity index (χ0v) is 16.7. The van der Waals surface area contributed by atoms with E-state index in [9.17, 15) is 0 Å². The quantitative estimate of drug-likeness (QED) is 0.554. The molecular weight excluding hydrogens is 330 g/mol. The summed E-state index contributed by atoms with van der Waals surface area (Å²) in [6, 6.07) is 8.16. The second-order valence-corrected chi connectivity index (χ2v) is 6.81. The maximum Gasteiger partial charge on any atom is 0.191 e. The first kappa shape index (κ1) is 20.3. The lowest BCUT2D eigenvalue weighted by Gasteiger charge is -2.38. The van der Waals surface area contributed by atoms with E-state index >= 15 is 0 Å². The number of benzene rings is 1. The van der Waals surface area contributed by atoms with Gasteiger partial charge in [-0.25, -0.2) is 0 Å².